The van der Waals surface area contributed by atoms with E-state index in [9.17, 15) is 0 Å². The summed E-state index contributed by atoms with van der Waals surface area (Å²) in [6, 6.07) is 3.99. The summed E-state index contributed by atoms with van der Waals surface area (Å²) in [6.07, 6.45) is 6.74. The Balaban J connectivity index is 1.93. The molecule has 0 amide bonds. The van der Waals surface area contributed by atoms with Gasteiger partial charge in [-0.15, -0.1) is 0 Å². The molecule has 0 aliphatic carbocycles. The molecule has 1 radical (unpaired) electrons. The molecule has 0 atom stereocenters. The van der Waals surface area contributed by atoms with E-state index in [-0.39, 0.29) is 0 Å². The molecule has 6 heteroatoms. The number of nitrogen functional groups attached to an aromatic ring is 1. The lowest BCUT2D eigenvalue weighted by Crippen LogP contribution is -2.04. The Bertz CT molecular complexity index is 719. The second kappa shape index (κ2) is 5.24. The molecule has 2 N–H and O–H groups in total. The molecule has 0 aromatic carbocycles. The van der Waals surface area contributed by atoms with Gasteiger partial charge in [0, 0.05) is 25.4 Å². The van der Waals surface area contributed by atoms with Crippen LogP contribution in [-0.4, -0.2) is 24.5 Å². The van der Waals surface area contributed by atoms with Gasteiger partial charge in [0.15, 0.2) is 17.0 Å². The molecule has 101 valence electrons. The highest BCUT2D eigenvalue weighted by atomic mass is 15.1. The molecule has 0 fully saturated rings. The maximum Gasteiger partial charge on any atom is 0.165 e. The van der Waals surface area contributed by atoms with Crippen molar-refractivity contribution in [1.82, 2.24) is 24.5 Å². The van der Waals surface area contributed by atoms with E-state index in [0.29, 0.717) is 17.9 Å². The van der Waals surface area contributed by atoms with Crippen LogP contribution in [0.25, 0.3) is 11.2 Å². The van der Waals surface area contributed by atoms with Crippen LogP contribution < -0.4 is 5.73 Å². The fourth-order valence-electron chi connectivity index (χ4n) is 2.23. The number of hydrogen-bond acceptors (Lipinski definition) is 5. The Morgan fingerprint density at radius 1 is 1.25 bits per heavy atom. The zero-order valence-electron chi connectivity index (χ0n) is 11.0. The first kappa shape index (κ1) is 12.5. The van der Waals surface area contributed by atoms with Crippen LogP contribution >= 0.6 is 0 Å². The molecule has 6 nitrogen and oxygen atoms in total. The van der Waals surface area contributed by atoms with Crippen molar-refractivity contribution in [2.75, 3.05) is 5.73 Å². The van der Waals surface area contributed by atoms with Gasteiger partial charge >= 0.3 is 0 Å². The zero-order valence-corrected chi connectivity index (χ0v) is 11.0. The number of nitrogens with zero attached hydrogens (tertiary/aromatic N) is 5. The SMILES string of the molecule is [CH2]Cn1c(CCc2cccnc2)nc2c(N)ncnc21. The monoisotopic (exact) mass is 267 g/mol. The third-order valence-electron chi connectivity index (χ3n) is 3.22. The number of imidazole rings is 1. The number of nitrogens with two attached hydrogens (primary N) is 1. The van der Waals surface area contributed by atoms with Crippen molar-refractivity contribution in [1.29, 1.82) is 0 Å². The molecule has 0 saturated heterocycles. The van der Waals surface area contributed by atoms with Crippen molar-refractivity contribution < 1.29 is 0 Å². The Morgan fingerprint density at radius 3 is 2.90 bits per heavy atom. The first-order chi connectivity index (χ1) is 9.79. The Kier molecular flexibility index (Phi) is 3.28. The van der Waals surface area contributed by atoms with Crippen molar-refractivity contribution in [3.05, 3.63) is 49.2 Å². The molecule has 0 aliphatic heterocycles. The zero-order chi connectivity index (χ0) is 13.9. The summed E-state index contributed by atoms with van der Waals surface area (Å²) in [5, 5.41) is 0. The predicted molar refractivity (Wildman–Crippen MR) is 76.7 cm³/mol. The maximum absolute atomic E-state index is 5.84. The molecule has 3 aromatic rings. The fraction of sp³-hybridized carbons (Fsp3) is 0.214. The lowest BCUT2D eigenvalue weighted by atomic mass is 10.1. The van der Waals surface area contributed by atoms with E-state index < -0.39 is 0 Å². The molecule has 0 unspecified atom stereocenters. The van der Waals surface area contributed by atoms with Gasteiger partial charge in [0.05, 0.1) is 0 Å². The van der Waals surface area contributed by atoms with E-state index in [1.807, 2.05) is 16.8 Å². The van der Waals surface area contributed by atoms with Crippen LogP contribution in [0.5, 0.6) is 0 Å². The summed E-state index contributed by atoms with van der Waals surface area (Å²) in [5.41, 5.74) is 8.41. The molecule has 3 heterocycles. The number of pyridine rings is 1. The van der Waals surface area contributed by atoms with Crippen LogP contribution in [-0.2, 0) is 19.4 Å². The third kappa shape index (κ3) is 2.20. The van der Waals surface area contributed by atoms with Gasteiger partial charge in [-0.05, 0) is 25.0 Å². The number of aryl methyl sites for hydroxylation is 2. The number of fused-ring (bicyclic) bond motifs is 1. The highest BCUT2D eigenvalue weighted by molar-refractivity contribution is 5.81. The smallest absolute Gasteiger partial charge is 0.165 e. The molecule has 3 rings (SSSR count). The topological polar surface area (TPSA) is 82.5 Å². The second-order valence-electron chi connectivity index (χ2n) is 4.47. The van der Waals surface area contributed by atoms with Crippen molar-refractivity contribution in [3.8, 4) is 0 Å². The second-order valence-corrected chi connectivity index (χ2v) is 4.47. The van der Waals surface area contributed by atoms with Gasteiger partial charge in [0.1, 0.15) is 12.2 Å². The van der Waals surface area contributed by atoms with E-state index in [4.69, 9.17) is 5.73 Å². The fourth-order valence-corrected chi connectivity index (χ4v) is 2.23. The number of anilines is 1. The van der Waals surface area contributed by atoms with Crippen LogP contribution in [0.2, 0.25) is 0 Å². The first-order valence-electron chi connectivity index (χ1n) is 6.43. The van der Waals surface area contributed by atoms with Crippen LogP contribution in [0.4, 0.5) is 5.82 Å². The van der Waals surface area contributed by atoms with Crippen LogP contribution in [0.3, 0.4) is 0 Å². The number of aromatic nitrogens is 5. The minimum atomic E-state index is 0.407. The maximum atomic E-state index is 5.84. The highest BCUT2D eigenvalue weighted by Gasteiger charge is 2.13. The van der Waals surface area contributed by atoms with Crippen molar-refractivity contribution in [2.24, 2.45) is 0 Å². The van der Waals surface area contributed by atoms with Crippen molar-refractivity contribution in [2.45, 2.75) is 19.4 Å². The molecule has 3 aromatic heterocycles. The van der Waals surface area contributed by atoms with Gasteiger partial charge in [-0.1, -0.05) is 6.07 Å². The minimum Gasteiger partial charge on any atom is -0.382 e. The standard InChI is InChI=1S/C14H15N6/c1-2-20-11(6-5-10-4-3-7-16-8-10)19-12-13(15)17-9-18-14(12)20/h3-4,7-9H,1-2,5-6H2,(H2,15,17,18). The summed E-state index contributed by atoms with van der Waals surface area (Å²) < 4.78 is 1.98. The Hall–Kier alpha value is -2.50. The summed E-state index contributed by atoms with van der Waals surface area (Å²) >= 11 is 0. The molecule has 0 bridgehead atoms. The Morgan fingerprint density at radius 2 is 2.15 bits per heavy atom. The summed E-state index contributed by atoms with van der Waals surface area (Å²) in [5.74, 6) is 1.33. The van der Waals surface area contributed by atoms with Crippen molar-refractivity contribution >= 4 is 17.0 Å². The van der Waals surface area contributed by atoms with Gasteiger partial charge in [0.25, 0.3) is 0 Å². The molecule has 0 aliphatic rings. The van der Waals surface area contributed by atoms with Gasteiger partial charge in [-0.3, -0.25) is 4.98 Å². The van der Waals surface area contributed by atoms with Crippen LogP contribution in [0.15, 0.2) is 30.9 Å². The van der Waals surface area contributed by atoms with Gasteiger partial charge < -0.3 is 10.3 Å². The normalized spacial score (nSPS) is 11.1. The van der Waals surface area contributed by atoms with Gasteiger partial charge in [-0.2, -0.15) is 0 Å². The summed E-state index contributed by atoms with van der Waals surface area (Å²) in [7, 11) is 0. The van der Waals surface area contributed by atoms with E-state index in [0.717, 1.165) is 24.3 Å². The van der Waals surface area contributed by atoms with E-state index in [1.165, 1.54) is 11.9 Å². The molecule has 0 saturated carbocycles. The number of hydrogen-bond donors (Lipinski definition) is 1. The average molecular weight is 267 g/mol. The highest BCUT2D eigenvalue weighted by Crippen LogP contribution is 2.18. The summed E-state index contributed by atoms with van der Waals surface area (Å²) in [4.78, 5) is 16.9. The quantitative estimate of drug-likeness (QED) is 0.773. The third-order valence-corrected chi connectivity index (χ3v) is 3.22. The minimum absolute atomic E-state index is 0.407. The van der Waals surface area contributed by atoms with Gasteiger partial charge in [-0.25, -0.2) is 15.0 Å². The predicted octanol–water partition coefficient (Wildman–Crippen LogP) is 1.42. The van der Waals surface area contributed by atoms with E-state index in [2.05, 4.69) is 32.9 Å². The van der Waals surface area contributed by atoms with Crippen LogP contribution in [0.1, 0.15) is 11.4 Å². The molecular formula is C14H15N6. The van der Waals surface area contributed by atoms with Gasteiger partial charge in [0.2, 0.25) is 0 Å². The lowest BCUT2D eigenvalue weighted by Gasteiger charge is -2.05. The first-order valence-corrected chi connectivity index (χ1v) is 6.43. The summed E-state index contributed by atoms with van der Waals surface area (Å²) in [6.45, 7) is 4.50. The molecule has 0 spiro atoms. The van der Waals surface area contributed by atoms with E-state index in [1.54, 1.807) is 6.20 Å². The molecular weight excluding hydrogens is 252 g/mol. The van der Waals surface area contributed by atoms with E-state index >= 15 is 0 Å². The number of rotatable bonds is 4. The van der Waals surface area contributed by atoms with Crippen LogP contribution in [0, 0.1) is 6.92 Å². The Labute approximate surface area is 116 Å². The van der Waals surface area contributed by atoms with Crippen molar-refractivity contribution in [3.63, 3.8) is 0 Å². The molecule has 20 heavy (non-hydrogen) atoms. The largest absolute Gasteiger partial charge is 0.382 e. The lowest BCUT2D eigenvalue weighted by molar-refractivity contribution is 0.734. The average Bonchev–Trinajstić information content (AvgIpc) is 2.85.